The van der Waals surface area contributed by atoms with E-state index in [0.717, 1.165) is 23.2 Å². The van der Waals surface area contributed by atoms with Crippen molar-refractivity contribution in [2.45, 2.75) is 19.4 Å². The summed E-state index contributed by atoms with van der Waals surface area (Å²) < 4.78 is 26.5. The van der Waals surface area contributed by atoms with Gasteiger partial charge in [-0.3, -0.25) is 9.69 Å². The Labute approximate surface area is 185 Å². The van der Waals surface area contributed by atoms with Crippen LogP contribution in [0.3, 0.4) is 0 Å². The lowest BCUT2D eigenvalue weighted by atomic mass is 10.1. The number of amides is 3. The number of nitrogens with one attached hydrogen (secondary N) is 1. The minimum absolute atomic E-state index is 0.131. The Bertz CT molecular complexity index is 1100. The maximum Gasteiger partial charge on any atom is 0.324 e. The molecule has 0 atom stereocenters. The quantitative estimate of drug-likeness (QED) is 0.594. The fraction of sp³-hybridized carbons (Fsp3) is 0.200. The fourth-order valence-corrected chi connectivity index (χ4v) is 3.74. The van der Waals surface area contributed by atoms with Crippen LogP contribution in [0.5, 0.6) is 0 Å². The fourth-order valence-electron chi connectivity index (χ4n) is 3.74. The summed E-state index contributed by atoms with van der Waals surface area (Å²) in [5, 5.41) is 2.81. The van der Waals surface area contributed by atoms with Gasteiger partial charge in [0.1, 0.15) is 11.6 Å². The monoisotopic (exact) mass is 435 g/mol. The largest absolute Gasteiger partial charge is 0.326 e. The summed E-state index contributed by atoms with van der Waals surface area (Å²) in [6.07, 6.45) is 0.943. The van der Waals surface area contributed by atoms with Crippen LogP contribution < -0.4 is 10.2 Å². The Morgan fingerprint density at radius 1 is 0.875 bits per heavy atom. The Kier molecular flexibility index (Phi) is 6.44. The maximum atomic E-state index is 13.5. The van der Waals surface area contributed by atoms with Crippen LogP contribution in [-0.2, 0) is 17.8 Å². The van der Waals surface area contributed by atoms with E-state index >= 15 is 0 Å². The van der Waals surface area contributed by atoms with E-state index < -0.39 is 0 Å². The van der Waals surface area contributed by atoms with E-state index in [1.165, 1.54) is 24.3 Å². The number of hydrogen-bond acceptors (Lipinski definition) is 2. The average Bonchev–Trinajstić information content (AvgIpc) is 2.77. The molecule has 3 aromatic carbocycles. The molecule has 1 fully saturated rings. The molecule has 7 heteroatoms. The zero-order valence-electron chi connectivity index (χ0n) is 17.4. The Balaban J connectivity index is 1.37. The predicted molar refractivity (Wildman–Crippen MR) is 119 cm³/mol. The highest BCUT2D eigenvalue weighted by Gasteiger charge is 2.26. The van der Waals surface area contributed by atoms with E-state index in [0.29, 0.717) is 25.3 Å². The summed E-state index contributed by atoms with van der Waals surface area (Å²) in [7, 11) is 0. The third-order valence-electron chi connectivity index (χ3n) is 5.31. The molecule has 164 valence electrons. The van der Waals surface area contributed by atoms with Crippen LogP contribution >= 0.6 is 0 Å². The molecule has 0 unspecified atom stereocenters. The molecule has 0 radical (unpaired) electrons. The van der Waals surface area contributed by atoms with E-state index in [9.17, 15) is 18.4 Å². The summed E-state index contributed by atoms with van der Waals surface area (Å²) in [6, 6.07) is 19.0. The lowest BCUT2D eigenvalue weighted by molar-refractivity contribution is -0.115. The first-order chi connectivity index (χ1) is 15.5. The van der Waals surface area contributed by atoms with Gasteiger partial charge in [-0.25, -0.2) is 13.6 Å². The highest BCUT2D eigenvalue weighted by Crippen LogP contribution is 2.23. The Hall–Kier alpha value is -3.74. The predicted octanol–water partition coefficient (Wildman–Crippen LogP) is 4.98. The molecule has 1 aliphatic heterocycles. The van der Waals surface area contributed by atoms with Crippen molar-refractivity contribution < 1.29 is 18.4 Å². The van der Waals surface area contributed by atoms with E-state index in [4.69, 9.17) is 0 Å². The highest BCUT2D eigenvalue weighted by atomic mass is 19.1. The minimum Gasteiger partial charge on any atom is -0.326 e. The van der Waals surface area contributed by atoms with Gasteiger partial charge in [-0.15, -0.1) is 0 Å². The van der Waals surface area contributed by atoms with Crippen molar-refractivity contribution in [1.82, 2.24) is 4.90 Å². The average molecular weight is 435 g/mol. The molecule has 4 rings (SSSR count). The summed E-state index contributed by atoms with van der Waals surface area (Å²) in [6.45, 7) is 1.56. The molecule has 3 amide bonds. The second-order valence-corrected chi connectivity index (χ2v) is 7.74. The first kappa shape index (κ1) is 21.5. The van der Waals surface area contributed by atoms with Gasteiger partial charge >= 0.3 is 6.03 Å². The molecule has 0 aliphatic carbocycles. The number of urea groups is 1. The van der Waals surface area contributed by atoms with Gasteiger partial charge in [-0.2, -0.15) is 0 Å². The number of benzene rings is 3. The second-order valence-electron chi connectivity index (χ2n) is 7.74. The molecule has 0 spiro atoms. The maximum absolute atomic E-state index is 13.5. The standard InChI is InChI=1S/C25H23F2N3O2/c26-20-7-5-18(6-8-20)16-24(31)28-22-9-11-23(12-10-22)30-14-2-13-29(25(30)32)17-19-3-1-4-21(27)15-19/h1,3-12,15H,2,13-14,16-17H2,(H,28,31). The lowest BCUT2D eigenvalue weighted by Crippen LogP contribution is -2.49. The topological polar surface area (TPSA) is 52.7 Å². The van der Waals surface area contributed by atoms with Crippen molar-refractivity contribution in [3.63, 3.8) is 0 Å². The molecule has 1 N–H and O–H groups in total. The molecular weight excluding hydrogens is 412 g/mol. The van der Waals surface area contributed by atoms with Crippen LogP contribution in [0.25, 0.3) is 0 Å². The van der Waals surface area contributed by atoms with E-state index in [1.54, 1.807) is 58.3 Å². The van der Waals surface area contributed by atoms with Crippen LogP contribution in [0.4, 0.5) is 25.0 Å². The number of carbonyl (C=O) groups is 2. The summed E-state index contributed by atoms with van der Waals surface area (Å²) >= 11 is 0. The number of carbonyl (C=O) groups excluding carboxylic acids is 2. The molecule has 3 aromatic rings. The van der Waals surface area contributed by atoms with Crippen molar-refractivity contribution in [2.75, 3.05) is 23.3 Å². The van der Waals surface area contributed by atoms with Crippen molar-refractivity contribution in [3.05, 3.63) is 95.6 Å². The zero-order valence-corrected chi connectivity index (χ0v) is 17.4. The molecular formula is C25H23F2N3O2. The summed E-state index contributed by atoms with van der Waals surface area (Å²) in [5.74, 6) is -0.868. The van der Waals surface area contributed by atoms with Crippen LogP contribution in [0.1, 0.15) is 17.5 Å². The van der Waals surface area contributed by atoms with Gasteiger partial charge in [0.25, 0.3) is 0 Å². The molecule has 0 saturated carbocycles. The van der Waals surface area contributed by atoms with Crippen LogP contribution in [-0.4, -0.2) is 29.9 Å². The first-order valence-electron chi connectivity index (χ1n) is 10.4. The van der Waals surface area contributed by atoms with Crippen LogP contribution in [0.15, 0.2) is 72.8 Å². The molecule has 0 bridgehead atoms. The van der Waals surface area contributed by atoms with Gasteiger partial charge in [0.15, 0.2) is 0 Å². The van der Waals surface area contributed by atoms with Crippen molar-refractivity contribution in [3.8, 4) is 0 Å². The first-order valence-corrected chi connectivity index (χ1v) is 10.4. The molecule has 1 saturated heterocycles. The van der Waals surface area contributed by atoms with E-state index in [2.05, 4.69) is 5.32 Å². The third kappa shape index (κ3) is 5.29. The highest BCUT2D eigenvalue weighted by molar-refractivity contribution is 5.94. The van der Waals surface area contributed by atoms with Crippen LogP contribution in [0, 0.1) is 11.6 Å². The van der Waals surface area contributed by atoms with Gasteiger partial charge in [0, 0.05) is 31.0 Å². The van der Waals surface area contributed by atoms with Gasteiger partial charge in [-0.1, -0.05) is 24.3 Å². The molecule has 1 aliphatic rings. The van der Waals surface area contributed by atoms with Gasteiger partial charge in [0.2, 0.25) is 5.91 Å². The summed E-state index contributed by atoms with van der Waals surface area (Å²) in [4.78, 5) is 28.6. The zero-order chi connectivity index (χ0) is 22.5. The Morgan fingerprint density at radius 2 is 1.62 bits per heavy atom. The van der Waals surface area contributed by atoms with Crippen molar-refractivity contribution in [2.24, 2.45) is 0 Å². The van der Waals surface area contributed by atoms with E-state index in [1.807, 2.05) is 0 Å². The minimum atomic E-state index is -0.341. The summed E-state index contributed by atoms with van der Waals surface area (Å²) in [5.41, 5.74) is 2.81. The molecule has 1 heterocycles. The van der Waals surface area contributed by atoms with Gasteiger partial charge in [0.05, 0.1) is 6.42 Å². The lowest BCUT2D eigenvalue weighted by Gasteiger charge is -2.35. The van der Waals surface area contributed by atoms with Crippen LogP contribution in [0.2, 0.25) is 0 Å². The Morgan fingerprint density at radius 3 is 2.34 bits per heavy atom. The molecule has 5 nitrogen and oxygen atoms in total. The second kappa shape index (κ2) is 9.60. The number of rotatable bonds is 6. The molecule has 32 heavy (non-hydrogen) atoms. The number of anilines is 2. The number of hydrogen-bond donors (Lipinski definition) is 1. The third-order valence-corrected chi connectivity index (χ3v) is 5.31. The number of nitrogens with zero attached hydrogens (tertiary/aromatic N) is 2. The van der Waals surface area contributed by atoms with E-state index in [-0.39, 0.29) is 30.0 Å². The van der Waals surface area contributed by atoms with Gasteiger partial charge in [-0.05, 0) is 66.1 Å². The van der Waals surface area contributed by atoms with Gasteiger partial charge < -0.3 is 10.2 Å². The van der Waals surface area contributed by atoms with Crippen molar-refractivity contribution >= 4 is 23.3 Å². The smallest absolute Gasteiger partial charge is 0.324 e. The molecule has 0 aromatic heterocycles. The SMILES string of the molecule is O=C(Cc1ccc(F)cc1)Nc1ccc(N2CCCN(Cc3cccc(F)c3)C2=O)cc1. The number of halogens is 2. The van der Waals surface area contributed by atoms with Crippen molar-refractivity contribution in [1.29, 1.82) is 0 Å². The normalized spacial score (nSPS) is 13.9.